The average molecular weight is 853 g/mol. The number of carbonyl (C=O) groups is 7. The lowest BCUT2D eigenvalue weighted by Gasteiger charge is -2.44. The number of ether oxygens (including phenoxy) is 8. The number of anilines is 1. The molecule has 1 aliphatic rings. The second-order valence-electron chi connectivity index (χ2n) is 14.0. The van der Waals surface area contributed by atoms with Crippen LogP contribution in [0.1, 0.15) is 69.3 Å². The van der Waals surface area contributed by atoms with Gasteiger partial charge in [-0.25, -0.2) is 9.59 Å². The maximum Gasteiger partial charge on any atom is 0.410 e. The van der Waals surface area contributed by atoms with Crippen molar-refractivity contribution in [3.63, 3.8) is 0 Å². The quantitative estimate of drug-likeness (QED) is 0.113. The molecular formula is C42H48N2O15S. The van der Waals surface area contributed by atoms with Crippen LogP contribution in [0.2, 0.25) is 0 Å². The van der Waals surface area contributed by atoms with Gasteiger partial charge >= 0.3 is 35.9 Å². The number of amides is 2. The summed E-state index contributed by atoms with van der Waals surface area (Å²) in [6.45, 7) is 7.54. The van der Waals surface area contributed by atoms with Crippen LogP contribution in [0, 0.1) is 18.3 Å². The number of carbonyl (C=O) groups excluding carboxylic acids is 7. The van der Waals surface area contributed by atoms with Gasteiger partial charge in [0.25, 0.3) is 0 Å². The number of methoxy groups -OCH3 is 1. The van der Waals surface area contributed by atoms with Gasteiger partial charge in [0, 0.05) is 63.1 Å². The Morgan fingerprint density at radius 1 is 0.850 bits per heavy atom. The Labute approximate surface area is 351 Å². The molecule has 3 aromatic rings. The van der Waals surface area contributed by atoms with Crippen molar-refractivity contribution in [2.24, 2.45) is 5.92 Å². The van der Waals surface area contributed by atoms with Gasteiger partial charge in [-0.1, -0.05) is 38.1 Å². The van der Waals surface area contributed by atoms with E-state index >= 15 is 0 Å². The first-order chi connectivity index (χ1) is 28.4. The smallest absolute Gasteiger partial charge is 0.410 e. The Morgan fingerprint density at radius 2 is 1.47 bits per heavy atom. The average Bonchev–Trinajstić information content (AvgIpc) is 3.64. The first-order valence-electron chi connectivity index (χ1n) is 18.7. The van der Waals surface area contributed by atoms with Gasteiger partial charge in [0.05, 0.1) is 13.5 Å². The number of hydrogen-bond donors (Lipinski definition) is 0. The molecule has 1 aliphatic heterocycles. The third-order valence-electron chi connectivity index (χ3n) is 9.21. The lowest BCUT2D eigenvalue weighted by Crippen LogP contribution is -2.63. The van der Waals surface area contributed by atoms with Crippen molar-refractivity contribution in [3.8, 4) is 18.1 Å². The van der Waals surface area contributed by atoms with Crippen molar-refractivity contribution >= 4 is 69.0 Å². The molecule has 2 unspecified atom stereocenters. The maximum absolute atomic E-state index is 13.9. The fourth-order valence-electron chi connectivity index (χ4n) is 6.60. The summed E-state index contributed by atoms with van der Waals surface area (Å²) >= 11 is 0.980. The van der Waals surface area contributed by atoms with Gasteiger partial charge in [0.1, 0.15) is 35.5 Å². The van der Waals surface area contributed by atoms with E-state index in [9.17, 15) is 33.6 Å². The first kappa shape index (κ1) is 46.5. The van der Waals surface area contributed by atoms with Crippen LogP contribution >= 0.6 is 11.3 Å². The Kier molecular flexibility index (Phi) is 16.0. The van der Waals surface area contributed by atoms with Gasteiger partial charge in [0.2, 0.25) is 18.3 Å². The summed E-state index contributed by atoms with van der Waals surface area (Å²) in [5.41, 5.74) is 1.00. The van der Waals surface area contributed by atoms with E-state index in [4.69, 9.17) is 44.3 Å². The van der Waals surface area contributed by atoms with Crippen LogP contribution in [0.3, 0.4) is 0 Å². The molecule has 1 aromatic heterocycles. The zero-order valence-electron chi connectivity index (χ0n) is 34.7. The van der Waals surface area contributed by atoms with E-state index in [1.165, 1.54) is 36.1 Å². The minimum atomic E-state index is -1.60. The molecule has 0 N–H and O–H groups in total. The molecule has 322 valence electrons. The van der Waals surface area contributed by atoms with Crippen LogP contribution < -0.4 is 9.64 Å². The standard InChI is InChI=1S/C42H48N2O15S/c1-11-15-30(59-42(51)44(9)34(22(2)3)39(49)43(8)27-16-13-12-14-17-27)28-18-19-31(29-20-33(40(50)52-10)60-38(28)29)57-41-37(56-26(7)48)36(55-25(6)47)35(54-24(5)46)32(58-41)21-53-23(4)45/h1,12-14,16-20,22,30,32,34-37,41H,15,21H2,2-10H3/t30?,32-,34?,35+,36+,37-,41-/m1/s1. The molecule has 0 bridgehead atoms. The second-order valence-corrected chi connectivity index (χ2v) is 15.0. The van der Waals surface area contributed by atoms with Gasteiger partial charge < -0.3 is 42.8 Å². The van der Waals surface area contributed by atoms with E-state index in [1.807, 2.05) is 6.07 Å². The summed E-state index contributed by atoms with van der Waals surface area (Å²) in [5.74, 6) is -1.99. The van der Waals surface area contributed by atoms with Crippen LogP contribution in [0.15, 0.2) is 48.5 Å². The highest BCUT2D eigenvalue weighted by Crippen LogP contribution is 2.42. The second kappa shape index (κ2) is 20.7. The molecule has 0 spiro atoms. The van der Waals surface area contributed by atoms with Crippen LogP contribution in [0.5, 0.6) is 5.75 Å². The predicted octanol–water partition coefficient (Wildman–Crippen LogP) is 4.97. The normalized spacial score (nSPS) is 19.4. The van der Waals surface area contributed by atoms with Crippen molar-refractivity contribution in [2.75, 3.05) is 32.7 Å². The molecule has 0 saturated carbocycles. The molecule has 60 heavy (non-hydrogen) atoms. The summed E-state index contributed by atoms with van der Waals surface area (Å²) in [7, 11) is 4.27. The van der Waals surface area contributed by atoms with E-state index in [0.29, 0.717) is 16.0 Å². The van der Waals surface area contributed by atoms with E-state index < -0.39 is 85.4 Å². The molecule has 4 rings (SSSR count). The number of thiophene rings is 1. The number of terminal acetylenes is 1. The van der Waals surface area contributed by atoms with Crippen LogP contribution in [-0.4, -0.2) is 111 Å². The Morgan fingerprint density at radius 3 is 2.03 bits per heavy atom. The van der Waals surface area contributed by atoms with Crippen molar-refractivity contribution in [2.45, 2.75) is 90.8 Å². The lowest BCUT2D eigenvalue weighted by molar-refractivity contribution is -0.288. The third-order valence-corrected chi connectivity index (χ3v) is 10.4. The molecule has 2 aromatic carbocycles. The SMILES string of the molecule is C#CCC(OC(=O)N(C)C(C(=O)N(C)c1ccccc1)C(C)C)c1ccc(O[C@@H]2O[C@H](COC(C)=O)[C@H](OC(C)=O)[C@H](OC(C)=O)[C@H]2OC(C)=O)c2cc(C(=O)OC)sc12. The van der Waals surface area contributed by atoms with Gasteiger partial charge in [-0.3, -0.25) is 28.9 Å². The molecule has 1 fully saturated rings. The number of likely N-dealkylation sites (N-methyl/N-ethyl adjacent to an activating group) is 2. The third kappa shape index (κ3) is 11.3. The summed E-state index contributed by atoms with van der Waals surface area (Å²) < 4.78 is 45.6. The van der Waals surface area contributed by atoms with E-state index in [-0.39, 0.29) is 34.3 Å². The molecule has 17 nitrogen and oxygen atoms in total. The molecular weight excluding hydrogens is 805 g/mol. The van der Waals surface area contributed by atoms with Crippen molar-refractivity contribution in [1.82, 2.24) is 4.90 Å². The van der Waals surface area contributed by atoms with Crippen molar-refractivity contribution < 1.29 is 71.5 Å². The molecule has 2 heterocycles. The Balaban J connectivity index is 1.77. The Hall–Kier alpha value is -6.19. The van der Waals surface area contributed by atoms with Gasteiger partial charge in [0.15, 0.2) is 12.2 Å². The highest BCUT2D eigenvalue weighted by molar-refractivity contribution is 7.21. The largest absolute Gasteiger partial charge is 0.465 e. The minimum Gasteiger partial charge on any atom is -0.465 e. The summed E-state index contributed by atoms with van der Waals surface area (Å²) in [5, 5.41) is 0.275. The maximum atomic E-state index is 13.9. The number of fused-ring (bicyclic) bond motifs is 1. The van der Waals surface area contributed by atoms with Gasteiger partial charge in [-0.2, -0.15) is 0 Å². The number of para-hydroxylation sites is 1. The van der Waals surface area contributed by atoms with Gasteiger partial charge in [-0.15, -0.1) is 23.7 Å². The number of nitrogens with zero attached hydrogens (tertiary/aromatic N) is 2. The zero-order chi connectivity index (χ0) is 44.4. The molecule has 0 radical (unpaired) electrons. The van der Waals surface area contributed by atoms with E-state index in [1.54, 1.807) is 51.2 Å². The lowest BCUT2D eigenvalue weighted by atomic mass is 9.98. The number of hydrogen-bond acceptors (Lipinski definition) is 16. The van der Waals surface area contributed by atoms with Gasteiger partial charge in [-0.05, 0) is 30.2 Å². The monoisotopic (exact) mass is 852 g/mol. The highest BCUT2D eigenvalue weighted by atomic mass is 32.1. The van der Waals surface area contributed by atoms with Crippen LogP contribution in [0.25, 0.3) is 10.1 Å². The fraction of sp³-hybridized carbons (Fsp3) is 0.452. The molecule has 0 aliphatic carbocycles. The molecule has 18 heteroatoms. The topological polar surface area (TPSA) is 200 Å². The summed E-state index contributed by atoms with van der Waals surface area (Å²) in [6.07, 6.45) is -3.68. The van der Waals surface area contributed by atoms with E-state index in [2.05, 4.69) is 5.92 Å². The number of rotatable bonds is 15. The predicted molar refractivity (Wildman–Crippen MR) is 215 cm³/mol. The zero-order valence-corrected chi connectivity index (χ0v) is 35.5. The van der Waals surface area contributed by atoms with Crippen molar-refractivity contribution in [3.05, 3.63) is 59.0 Å². The molecule has 7 atom stereocenters. The van der Waals surface area contributed by atoms with Crippen LogP contribution in [-0.2, 0) is 57.1 Å². The van der Waals surface area contributed by atoms with E-state index in [0.717, 1.165) is 39.0 Å². The fourth-order valence-corrected chi connectivity index (χ4v) is 7.75. The minimum absolute atomic E-state index is 0.0402. The number of benzene rings is 2. The Bertz CT molecular complexity index is 2110. The molecule has 2 amide bonds. The highest BCUT2D eigenvalue weighted by Gasteiger charge is 2.53. The number of esters is 5. The van der Waals surface area contributed by atoms with Crippen molar-refractivity contribution in [1.29, 1.82) is 0 Å². The first-order valence-corrected chi connectivity index (χ1v) is 19.5. The summed E-state index contributed by atoms with van der Waals surface area (Å²) in [6, 6.07) is 12.5. The summed E-state index contributed by atoms with van der Waals surface area (Å²) in [4.78, 5) is 92.2. The van der Waals surface area contributed by atoms with Crippen LogP contribution in [0.4, 0.5) is 10.5 Å². The molecule has 1 saturated heterocycles.